The van der Waals surface area contributed by atoms with Gasteiger partial charge in [0.2, 0.25) is 0 Å². The number of aryl methyl sites for hydroxylation is 1. The molecule has 2 heterocycles. The molecule has 0 saturated carbocycles. The van der Waals surface area contributed by atoms with Gasteiger partial charge >= 0.3 is 0 Å². The van der Waals surface area contributed by atoms with Crippen LogP contribution in [0.3, 0.4) is 0 Å². The quantitative estimate of drug-likeness (QED) is 0.641. The molecule has 0 atom stereocenters. The van der Waals surface area contributed by atoms with Gasteiger partial charge in [-0.1, -0.05) is 23.7 Å². The monoisotopic (exact) mass is 375 g/mol. The van der Waals surface area contributed by atoms with E-state index in [9.17, 15) is 4.79 Å². The molecule has 0 radical (unpaired) electrons. The topological polar surface area (TPSA) is 54.9 Å². The van der Waals surface area contributed by atoms with E-state index < -0.39 is 0 Å². The Morgan fingerprint density at radius 2 is 2.12 bits per heavy atom. The first kappa shape index (κ1) is 17.0. The van der Waals surface area contributed by atoms with Crippen LogP contribution in [0.1, 0.15) is 15.4 Å². The molecule has 0 saturated heterocycles. The summed E-state index contributed by atoms with van der Waals surface area (Å²) in [5, 5.41) is 5.19. The van der Waals surface area contributed by atoms with Crippen molar-refractivity contribution in [2.45, 2.75) is 11.9 Å². The van der Waals surface area contributed by atoms with Crippen LogP contribution in [0, 0.1) is 6.92 Å². The maximum absolute atomic E-state index is 12.5. The number of benzene rings is 1. The van der Waals surface area contributed by atoms with Gasteiger partial charge in [0.15, 0.2) is 0 Å². The van der Waals surface area contributed by atoms with Crippen molar-refractivity contribution in [2.24, 2.45) is 0 Å². The number of pyridine rings is 1. The molecule has 0 unspecified atom stereocenters. The number of nitrogens with zero attached hydrogens (tertiary/aromatic N) is 2. The summed E-state index contributed by atoms with van der Waals surface area (Å²) in [4.78, 5) is 21.8. The Bertz CT molecular complexity index is 878. The van der Waals surface area contributed by atoms with Crippen LogP contribution in [0.2, 0.25) is 5.02 Å². The average Bonchev–Trinajstić information content (AvgIpc) is 2.97. The van der Waals surface area contributed by atoms with E-state index in [2.05, 4.69) is 15.3 Å². The number of carbonyl (C=O) groups excluding carboxylic acids is 1. The molecule has 1 aromatic carbocycles. The molecule has 0 aliphatic carbocycles. The fourth-order valence-corrected chi connectivity index (χ4v) is 3.63. The van der Waals surface area contributed by atoms with E-state index in [4.69, 9.17) is 11.6 Å². The van der Waals surface area contributed by atoms with Crippen LogP contribution in [-0.4, -0.2) is 22.1 Å². The largest absolute Gasteiger partial charge is 0.320 e. The minimum atomic E-state index is -0.183. The number of halogens is 1. The number of amides is 1. The number of carbonyl (C=O) groups is 1. The van der Waals surface area contributed by atoms with Gasteiger partial charge in [0, 0.05) is 10.6 Å². The second kappa shape index (κ2) is 7.34. The molecule has 7 heteroatoms. The summed E-state index contributed by atoms with van der Waals surface area (Å²) in [7, 11) is 0. The lowest BCUT2D eigenvalue weighted by molar-refractivity contribution is 0.103. The Morgan fingerprint density at radius 1 is 1.29 bits per heavy atom. The second-order valence-electron chi connectivity index (χ2n) is 4.99. The van der Waals surface area contributed by atoms with Crippen LogP contribution in [0.25, 0.3) is 10.6 Å². The van der Waals surface area contributed by atoms with E-state index in [-0.39, 0.29) is 5.91 Å². The predicted molar refractivity (Wildman–Crippen MR) is 101 cm³/mol. The van der Waals surface area contributed by atoms with Gasteiger partial charge in [-0.25, -0.2) is 9.97 Å². The average molecular weight is 376 g/mol. The lowest BCUT2D eigenvalue weighted by Crippen LogP contribution is -2.11. The van der Waals surface area contributed by atoms with Gasteiger partial charge in [0.25, 0.3) is 5.91 Å². The van der Waals surface area contributed by atoms with Crippen molar-refractivity contribution >= 4 is 46.3 Å². The van der Waals surface area contributed by atoms with Crippen LogP contribution in [0.4, 0.5) is 5.69 Å². The van der Waals surface area contributed by atoms with E-state index >= 15 is 0 Å². The highest BCUT2D eigenvalue weighted by Crippen LogP contribution is 2.30. The van der Waals surface area contributed by atoms with Gasteiger partial charge in [-0.3, -0.25) is 4.79 Å². The number of thioether (sulfide) groups is 1. The zero-order chi connectivity index (χ0) is 17.1. The normalized spacial score (nSPS) is 10.6. The number of rotatable bonds is 4. The summed E-state index contributed by atoms with van der Waals surface area (Å²) in [6.07, 6.45) is 3.61. The highest BCUT2D eigenvalue weighted by atomic mass is 35.5. The SMILES string of the molecule is CSc1ccc(NC(=O)c2sc(-c3cccc(Cl)c3)nc2C)cn1. The van der Waals surface area contributed by atoms with Crippen molar-refractivity contribution < 1.29 is 4.79 Å². The molecule has 24 heavy (non-hydrogen) atoms. The summed E-state index contributed by atoms with van der Waals surface area (Å²) in [5.41, 5.74) is 2.26. The third-order valence-electron chi connectivity index (χ3n) is 3.28. The van der Waals surface area contributed by atoms with Gasteiger partial charge in [0.05, 0.1) is 22.6 Å². The van der Waals surface area contributed by atoms with Crippen molar-refractivity contribution in [1.29, 1.82) is 0 Å². The lowest BCUT2D eigenvalue weighted by Gasteiger charge is -2.04. The summed E-state index contributed by atoms with van der Waals surface area (Å²) >= 11 is 8.93. The Balaban J connectivity index is 1.82. The van der Waals surface area contributed by atoms with E-state index in [0.717, 1.165) is 15.6 Å². The zero-order valence-electron chi connectivity index (χ0n) is 13.0. The first-order chi connectivity index (χ1) is 11.6. The molecule has 4 nitrogen and oxygen atoms in total. The molecule has 3 rings (SSSR count). The van der Waals surface area contributed by atoms with E-state index in [1.54, 1.807) is 18.0 Å². The van der Waals surface area contributed by atoms with E-state index in [1.807, 2.05) is 49.6 Å². The molecule has 122 valence electrons. The van der Waals surface area contributed by atoms with Gasteiger partial charge in [-0.2, -0.15) is 0 Å². The second-order valence-corrected chi connectivity index (χ2v) is 7.25. The van der Waals surface area contributed by atoms with Gasteiger partial charge < -0.3 is 5.32 Å². The molecule has 0 spiro atoms. The first-order valence-electron chi connectivity index (χ1n) is 7.11. The molecule has 3 aromatic rings. The van der Waals surface area contributed by atoms with Crippen LogP contribution in [-0.2, 0) is 0 Å². The van der Waals surface area contributed by atoms with Crippen LogP contribution < -0.4 is 5.32 Å². The highest BCUT2D eigenvalue weighted by Gasteiger charge is 2.16. The summed E-state index contributed by atoms with van der Waals surface area (Å²) < 4.78 is 0. The number of nitrogens with one attached hydrogen (secondary N) is 1. The Kier molecular flexibility index (Phi) is 5.18. The van der Waals surface area contributed by atoms with Crippen LogP contribution in [0.5, 0.6) is 0 Å². The van der Waals surface area contributed by atoms with Gasteiger partial charge in [-0.15, -0.1) is 23.1 Å². The number of hydrogen-bond donors (Lipinski definition) is 1. The minimum Gasteiger partial charge on any atom is -0.320 e. The fraction of sp³-hybridized carbons (Fsp3) is 0.118. The number of thiazole rings is 1. The van der Waals surface area contributed by atoms with Crippen molar-refractivity contribution in [3.8, 4) is 10.6 Å². The molecule has 0 aliphatic rings. The first-order valence-corrected chi connectivity index (χ1v) is 9.53. The van der Waals surface area contributed by atoms with Crippen molar-refractivity contribution in [3.63, 3.8) is 0 Å². The Labute approximate surface area is 153 Å². The Hall–Kier alpha value is -1.89. The van der Waals surface area contributed by atoms with Crippen molar-refractivity contribution in [3.05, 3.63) is 58.2 Å². The smallest absolute Gasteiger partial charge is 0.267 e. The van der Waals surface area contributed by atoms with Gasteiger partial charge in [0.1, 0.15) is 9.88 Å². The molecule has 0 bridgehead atoms. The summed E-state index contributed by atoms with van der Waals surface area (Å²) in [6.45, 7) is 1.83. The third-order valence-corrected chi connectivity index (χ3v) is 5.38. The molecule has 0 aliphatic heterocycles. The molecular weight excluding hydrogens is 362 g/mol. The maximum atomic E-state index is 12.5. The number of anilines is 1. The van der Waals surface area contributed by atoms with Crippen molar-refractivity contribution in [2.75, 3.05) is 11.6 Å². The van der Waals surface area contributed by atoms with Crippen LogP contribution in [0.15, 0.2) is 47.6 Å². The number of aromatic nitrogens is 2. The standard InChI is InChI=1S/C17H14ClN3OS2/c1-10-15(16(22)21-13-6-7-14(23-2)19-9-13)24-17(20-10)11-4-3-5-12(18)8-11/h3-9H,1-2H3,(H,21,22). The molecule has 0 fully saturated rings. The summed E-state index contributed by atoms with van der Waals surface area (Å²) in [6, 6.07) is 11.2. The van der Waals surface area contributed by atoms with Crippen LogP contribution >= 0.6 is 34.7 Å². The lowest BCUT2D eigenvalue weighted by atomic mass is 10.2. The minimum absolute atomic E-state index is 0.183. The molecule has 2 aromatic heterocycles. The highest BCUT2D eigenvalue weighted by molar-refractivity contribution is 7.98. The van der Waals surface area contributed by atoms with E-state index in [0.29, 0.717) is 21.3 Å². The van der Waals surface area contributed by atoms with Gasteiger partial charge in [-0.05, 0) is 37.4 Å². The molecular formula is C17H14ClN3OS2. The number of hydrogen-bond acceptors (Lipinski definition) is 5. The Morgan fingerprint density at radius 3 is 2.79 bits per heavy atom. The van der Waals surface area contributed by atoms with Crippen molar-refractivity contribution in [1.82, 2.24) is 9.97 Å². The zero-order valence-corrected chi connectivity index (χ0v) is 15.4. The predicted octanol–water partition coefficient (Wildman–Crippen LogP) is 5.14. The fourth-order valence-electron chi connectivity index (χ4n) is 2.11. The third kappa shape index (κ3) is 3.77. The van der Waals surface area contributed by atoms with E-state index in [1.165, 1.54) is 11.3 Å². The molecule has 1 amide bonds. The molecule has 1 N–H and O–H groups in total. The summed E-state index contributed by atoms with van der Waals surface area (Å²) in [5.74, 6) is -0.183. The maximum Gasteiger partial charge on any atom is 0.267 e.